The van der Waals surface area contributed by atoms with Crippen molar-refractivity contribution in [2.45, 2.75) is 58.8 Å². The van der Waals surface area contributed by atoms with Crippen LogP contribution in [0.3, 0.4) is 0 Å². The first-order valence-corrected chi connectivity index (χ1v) is 11.7. The Hall–Kier alpha value is -2.77. The molecular formula is C24H38N6O2. The van der Waals surface area contributed by atoms with E-state index in [1.54, 1.807) is 16.7 Å². The highest BCUT2D eigenvalue weighted by molar-refractivity contribution is 5.76. The van der Waals surface area contributed by atoms with Crippen LogP contribution in [0.25, 0.3) is 5.70 Å². The molecule has 8 heteroatoms. The zero-order chi connectivity index (χ0) is 23.3. The van der Waals surface area contributed by atoms with Gasteiger partial charge in [-0.2, -0.15) is 0 Å². The first-order valence-electron chi connectivity index (χ1n) is 11.7. The Labute approximate surface area is 191 Å². The number of methoxy groups -OCH3 is 1. The van der Waals surface area contributed by atoms with Crippen LogP contribution in [0.4, 0.5) is 5.69 Å². The number of carbonyl (C=O) groups is 1. The third kappa shape index (κ3) is 5.16. The molecule has 2 atom stereocenters. The van der Waals surface area contributed by atoms with E-state index >= 15 is 0 Å². The van der Waals surface area contributed by atoms with Gasteiger partial charge >= 0.3 is 0 Å². The quantitative estimate of drug-likeness (QED) is 0.494. The number of carbonyl (C=O) groups excluding carboxylic acids is 1. The Morgan fingerprint density at radius 2 is 2.09 bits per heavy atom. The molecule has 3 rings (SSSR count). The van der Waals surface area contributed by atoms with Crippen LogP contribution in [0.15, 0.2) is 18.6 Å². The Balaban J connectivity index is 1.97. The molecule has 2 aromatic rings. The van der Waals surface area contributed by atoms with E-state index in [2.05, 4.69) is 35.8 Å². The van der Waals surface area contributed by atoms with Crippen molar-refractivity contribution in [2.24, 2.45) is 25.9 Å². The summed E-state index contributed by atoms with van der Waals surface area (Å²) >= 11 is 0. The van der Waals surface area contributed by atoms with Crippen molar-refractivity contribution in [3.05, 3.63) is 30.1 Å². The van der Waals surface area contributed by atoms with Crippen LogP contribution < -0.4 is 10.1 Å². The highest BCUT2D eigenvalue weighted by atomic mass is 16.5. The molecule has 1 N–H and O–H groups in total. The van der Waals surface area contributed by atoms with Gasteiger partial charge in [0.25, 0.3) is 5.88 Å². The molecule has 0 saturated heterocycles. The molecule has 0 aromatic carbocycles. The van der Waals surface area contributed by atoms with E-state index in [0.717, 1.165) is 36.5 Å². The fourth-order valence-corrected chi connectivity index (χ4v) is 4.36. The fourth-order valence-electron chi connectivity index (χ4n) is 4.36. The lowest BCUT2D eigenvalue weighted by atomic mass is 9.83. The summed E-state index contributed by atoms with van der Waals surface area (Å²) in [5, 5.41) is 7.78. The molecule has 1 aliphatic rings. The van der Waals surface area contributed by atoms with Crippen LogP contribution in [-0.2, 0) is 18.9 Å². The summed E-state index contributed by atoms with van der Waals surface area (Å²) in [6.45, 7) is 7.31. The lowest BCUT2D eigenvalue weighted by Gasteiger charge is -2.27. The second-order valence-corrected chi connectivity index (χ2v) is 8.94. The van der Waals surface area contributed by atoms with E-state index in [1.807, 2.05) is 32.7 Å². The highest BCUT2D eigenvalue weighted by Crippen LogP contribution is 2.37. The van der Waals surface area contributed by atoms with E-state index in [1.165, 1.54) is 25.0 Å². The van der Waals surface area contributed by atoms with Crippen LogP contribution in [0.5, 0.6) is 5.88 Å². The summed E-state index contributed by atoms with van der Waals surface area (Å²) in [5.74, 6) is 2.83. The summed E-state index contributed by atoms with van der Waals surface area (Å²) in [6.07, 6.45) is 12.4. The largest absolute Gasteiger partial charge is 0.478 e. The van der Waals surface area contributed by atoms with Crippen molar-refractivity contribution in [1.29, 1.82) is 0 Å². The van der Waals surface area contributed by atoms with Crippen LogP contribution in [-0.4, -0.2) is 44.3 Å². The third-order valence-electron chi connectivity index (χ3n) is 6.89. The molecule has 176 valence electrons. The van der Waals surface area contributed by atoms with Gasteiger partial charge in [-0.25, -0.2) is 4.98 Å². The maximum Gasteiger partial charge on any atom is 0.256 e. The number of imidazole rings is 1. The maximum absolute atomic E-state index is 12.1. The minimum absolute atomic E-state index is 0.433. The van der Waals surface area contributed by atoms with Crippen LogP contribution >= 0.6 is 0 Å². The number of aromatic nitrogens is 4. The number of hydrogen-bond donors (Lipinski definition) is 1. The van der Waals surface area contributed by atoms with Crippen molar-refractivity contribution in [1.82, 2.24) is 24.2 Å². The lowest BCUT2D eigenvalue weighted by Crippen LogP contribution is -2.28. The number of aryl methyl sites for hydroxylation is 1. The molecule has 0 radical (unpaired) electrons. The van der Waals surface area contributed by atoms with Gasteiger partial charge in [-0.15, -0.1) is 5.10 Å². The second-order valence-electron chi connectivity index (χ2n) is 8.94. The van der Waals surface area contributed by atoms with E-state index in [4.69, 9.17) is 9.72 Å². The molecule has 0 spiro atoms. The van der Waals surface area contributed by atoms with Crippen LogP contribution in [0.1, 0.15) is 70.3 Å². The summed E-state index contributed by atoms with van der Waals surface area (Å²) in [6, 6.07) is 0. The molecule has 1 fully saturated rings. The van der Waals surface area contributed by atoms with Crippen molar-refractivity contribution in [3.8, 4) is 5.88 Å². The molecular weight excluding hydrogens is 404 g/mol. The zero-order valence-electron chi connectivity index (χ0n) is 20.3. The Morgan fingerprint density at radius 1 is 1.34 bits per heavy atom. The van der Waals surface area contributed by atoms with Gasteiger partial charge in [0.1, 0.15) is 5.69 Å². The van der Waals surface area contributed by atoms with Crippen molar-refractivity contribution >= 4 is 17.8 Å². The van der Waals surface area contributed by atoms with E-state index < -0.39 is 0 Å². The third-order valence-corrected chi connectivity index (χ3v) is 6.89. The molecule has 0 aliphatic heterocycles. The summed E-state index contributed by atoms with van der Waals surface area (Å²) < 4.78 is 9.27. The van der Waals surface area contributed by atoms with Gasteiger partial charge in [-0.1, -0.05) is 40.0 Å². The molecule has 2 aromatic heterocycles. The van der Waals surface area contributed by atoms with Gasteiger partial charge in [0, 0.05) is 44.6 Å². The van der Waals surface area contributed by atoms with Crippen molar-refractivity contribution in [3.63, 3.8) is 0 Å². The first kappa shape index (κ1) is 23.9. The predicted octanol–water partition coefficient (Wildman–Crippen LogP) is 4.37. The summed E-state index contributed by atoms with van der Waals surface area (Å²) in [5.41, 5.74) is 2.71. The number of ether oxygens (including phenoxy) is 1. The van der Waals surface area contributed by atoms with Gasteiger partial charge in [0.2, 0.25) is 6.41 Å². The predicted molar refractivity (Wildman–Crippen MR) is 127 cm³/mol. The number of hydrogen-bond acceptors (Lipinski definition) is 5. The Morgan fingerprint density at radius 3 is 2.66 bits per heavy atom. The molecule has 0 bridgehead atoms. The van der Waals surface area contributed by atoms with Crippen molar-refractivity contribution < 1.29 is 9.53 Å². The van der Waals surface area contributed by atoms with E-state index in [0.29, 0.717) is 30.2 Å². The zero-order valence-corrected chi connectivity index (χ0v) is 20.3. The van der Waals surface area contributed by atoms with E-state index in [-0.39, 0.29) is 0 Å². The molecule has 1 aliphatic carbocycles. The van der Waals surface area contributed by atoms with Gasteiger partial charge in [-0.05, 0) is 24.7 Å². The number of rotatable bonds is 12. The lowest BCUT2D eigenvalue weighted by molar-refractivity contribution is -0.116. The van der Waals surface area contributed by atoms with Gasteiger partial charge in [0.05, 0.1) is 19.0 Å². The maximum atomic E-state index is 12.1. The number of nitrogens with zero attached hydrogens (tertiary/aromatic N) is 5. The van der Waals surface area contributed by atoms with Gasteiger partial charge in [-0.3, -0.25) is 9.48 Å². The van der Waals surface area contributed by atoms with Crippen LogP contribution in [0, 0.1) is 11.8 Å². The van der Waals surface area contributed by atoms with E-state index in [9.17, 15) is 4.79 Å². The molecule has 8 nitrogen and oxygen atoms in total. The Bertz CT molecular complexity index is 927. The van der Waals surface area contributed by atoms with Gasteiger partial charge < -0.3 is 19.5 Å². The first-order chi connectivity index (χ1) is 15.4. The topological polar surface area (TPSA) is 77.2 Å². The smallest absolute Gasteiger partial charge is 0.256 e. The Kier molecular flexibility index (Phi) is 7.99. The normalized spacial score (nSPS) is 16.4. The van der Waals surface area contributed by atoms with Crippen LogP contribution in [0.2, 0.25) is 0 Å². The second kappa shape index (κ2) is 10.7. The highest BCUT2D eigenvalue weighted by Gasteiger charge is 2.25. The number of amides is 1. The average molecular weight is 443 g/mol. The standard InChI is InChI=1S/C24H38N6O2/c1-7-17(3)18(8-2)13-30(16-31)15-20(26-21-14-28(4)27-24(21)32-6)23-25-12-22(29(23)5)19-10-9-11-19/h12,14-19,26H,7-11,13H2,1-6H3/b20-15+. The molecule has 1 amide bonds. The summed E-state index contributed by atoms with van der Waals surface area (Å²) in [4.78, 5) is 18.5. The summed E-state index contributed by atoms with van der Waals surface area (Å²) in [7, 11) is 5.50. The monoisotopic (exact) mass is 442 g/mol. The van der Waals surface area contributed by atoms with Gasteiger partial charge in [0.15, 0.2) is 5.82 Å². The van der Waals surface area contributed by atoms with Crippen molar-refractivity contribution in [2.75, 3.05) is 19.0 Å². The number of nitrogens with one attached hydrogen (secondary N) is 1. The molecule has 1 saturated carbocycles. The SMILES string of the molecule is CCC(C)C(CC)CN(C=O)/C=C(/Nc1cn(C)nc1OC)c1ncc(C2CCC2)n1C. The molecule has 2 unspecified atom stereocenters. The average Bonchev–Trinajstić information content (AvgIpc) is 3.30. The minimum atomic E-state index is 0.433. The molecule has 2 heterocycles. The molecule has 32 heavy (non-hydrogen) atoms. The fraction of sp³-hybridized carbons (Fsp3) is 0.625. The minimum Gasteiger partial charge on any atom is -0.478 e. The number of anilines is 1.